The zero-order valence-corrected chi connectivity index (χ0v) is 11.0. The van der Waals surface area contributed by atoms with Gasteiger partial charge in [-0.2, -0.15) is 0 Å². The molecule has 0 radical (unpaired) electrons. The number of benzene rings is 1. The van der Waals surface area contributed by atoms with Crippen LogP contribution in [0.2, 0.25) is 0 Å². The fourth-order valence-corrected chi connectivity index (χ4v) is 2.44. The lowest BCUT2D eigenvalue weighted by molar-refractivity contribution is 0.0694. The number of methoxy groups -OCH3 is 1. The van der Waals surface area contributed by atoms with Gasteiger partial charge in [-0.15, -0.1) is 0 Å². The topological polar surface area (TPSA) is 68.5 Å². The Labute approximate surface area is 117 Å². The summed E-state index contributed by atoms with van der Waals surface area (Å²) in [5.74, 6) is -2.30. The Hall–Kier alpha value is -2.44. The van der Waals surface area contributed by atoms with Gasteiger partial charge < -0.3 is 14.4 Å². The van der Waals surface area contributed by atoms with Gasteiger partial charge >= 0.3 is 5.97 Å². The van der Waals surface area contributed by atoms with Crippen molar-refractivity contribution in [2.24, 2.45) is 0 Å². The average Bonchev–Trinajstić information content (AvgIpc) is 3.15. The summed E-state index contributed by atoms with van der Waals surface area (Å²) in [6, 6.07) is 1.61. The van der Waals surface area contributed by atoms with Crippen molar-refractivity contribution in [3.05, 3.63) is 39.9 Å². The third-order valence-corrected chi connectivity index (χ3v) is 3.57. The first-order valence-electron chi connectivity index (χ1n) is 6.24. The van der Waals surface area contributed by atoms with E-state index in [1.54, 1.807) is 0 Å². The van der Waals surface area contributed by atoms with E-state index >= 15 is 0 Å². The maximum absolute atomic E-state index is 13.8. The van der Waals surface area contributed by atoms with Gasteiger partial charge in [0.05, 0.1) is 24.1 Å². The summed E-state index contributed by atoms with van der Waals surface area (Å²) in [7, 11) is 1.23. The van der Waals surface area contributed by atoms with Crippen molar-refractivity contribution in [1.29, 1.82) is 0 Å². The van der Waals surface area contributed by atoms with Gasteiger partial charge in [-0.3, -0.25) is 4.79 Å². The number of carboxylic acids is 1. The first kappa shape index (κ1) is 13.5. The van der Waals surface area contributed by atoms with Crippen molar-refractivity contribution in [2.75, 3.05) is 7.11 Å². The minimum absolute atomic E-state index is 0.00718. The second-order valence-electron chi connectivity index (χ2n) is 4.88. The second kappa shape index (κ2) is 4.54. The number of alkyl halides is 1. The van der Waals surface area contributed by atoms with Gasteiger partial charge in [0.25, 0.3) is 0 Å². The number of hydrogen-bond donors (Lipinski definition) is 1. The van der Waals surface area contributed by atoms with Crippen LogP contribution in [0.25, 0.3) is 10.9 Å². The summed E-state index contributed by atoms with van der Waals surface area (Å²) >= 11 is 0. The maximum atomic E-state index is 13.8. The van der Waals surface area contributed by atoms with Crippen molar-refractivity contribution in [3.63, 3.8) is 0 Å². The molecule has 1 aliphatic rings. The van der Waals surface area contributed by atoms with Gasteiger partial charge in [-0.25, -0.2) is 13.6 Å². The molecule has 3 rings (SSSR count). The molecule has 2 unspecified atom stereocenters. The molecular formula is C14H11F2NO4. The highest BCUT2D eigenvalue weighted by molar-refractivity contribution is 5.94. The minimum Gasteiger partial charge on any atom is -0.492 e. The molecule has 5 nitrogen and oxygen atoms in total. The molecule has 2 atom stereocenters. The van der Waals surface area contributed by atoms with Crippen LogP contribution in [0.5, 0.6) is 5.75 Å². The number of carbonyl (C=O) groups is 1. The molecule has 1 N–H and O–H groups in total. The molecule has 1 heterocycles. The molecule has 0 spiro atoms. The van der Waals surface area contributed by atoms with E-state index in [4.69, 9.17) is 9.84 Å². The largest absolute Gasteiger partial charge is 0.492 e. The van der Waals surface area contributed by atoms with Crippen molar-refractivity contribution < 1.29 is 23.4 Å². The highest BCUT2D eigenvalue weighted by atomic mass is 19.1. The number of fused-ring (bicyclic) bond motifs is 1. The molecule has 1 aliphatic carbocycles. The first-order valence-corrected chi connectivity index (χ1v) is 6.24. The Morgan fingerprint density at radius 3 is 2.67 bits per heavy atom. The normalized spacial score (nSPS) is 20.5. The Kier molecular flexibility index (Phi) is 2.93. The highest BCUT2D eigenvalue weighted by Crippen LogP contribution is 2.42. The molecule has 2 aromatic rings. The number of ether oxygens (including phenoxy) is 1. The molecule has 0 saturated heterocycles. The van der Waals surface area contributed by atoms with Gasteiger partial charge in [0.15, 0.2) is 11.6 Å². The molecule has 110 valence electrons. The van der Waals surface area contributed by atoms with Gasteiger partial charge in [-0.1, -0.05) is 0 Å². The Balaban J connectivity index is 2.46. The molecular weight excluding hydrogens is 284 g/mol. The van der Waals surface area contributed by atoms with E-state index in [0.717, 1.165) is 12.3 Å². The fourth-order valence-electron chi connectivity index (χ4n) is 2.44. The van der Waals surface area contributed by atoms with E-state index in [2.05, 4.69) is 0 Å². The van der Waals surface area contributed by atoms with E-state index < -0.39 is 35.0 Å². The van der Waals surface area contributed by atoms with Crippen LogP contribution in [0.4, 0.5) is 8.78 Å². The third kappa shape index (κ3) is 1.96. The van der Waals surface area contributed by atoms with Gasteiger partial charge in [-0.05, 0) is 12.1 Å². The van der Waals surface area contributed by atoms with Crippen LogP contribution in [-0.4, -0.2) is 28.9 Å². The van der Waals surface area contributed by atoms with E-state index in [-0.39, 0.29) is 23.1 Å². The molecule has 1 aromatic carbocycles. The van der Waals surface area contributed by atoms with Crippen LogP contribution in [0.3, 0.4) is 0 Å². The van der Waals surface area contributed by atoms with Crippen LogP contribution in [-0.2, 0) is 0 Å². The van der Waals surface area contributed by atoms with Crippen LogP contribution in [0, 0.1) is 5.82 Å². The first-order chi connectivity index (χ1) is 9.95. The summed E-state index contributed by atoms with van der Waals surface area (Å²) in [5.41, 5.74) is -1.14. The van der Waals surface area contributed by atoms with Gasteiger partial charge in [0.1, 0.15) is 11.7 Å². The van der Waals surface area contributed by atoms with Crippen molar-refractivity contribution in [1.82, 2.24) is 4.57 Å². The van der Waals surface area contributed by atoms with E-state index in [1.807, 2.05) is 0 Å². The number of aromatic nitrogens is 1. The number of carboxylic acid groups (broad SMARTS) is 1. The Morgan fingerprint density at radius 1 is 1.48 bits per heavy atom. The molecule has 1 aromatic heterocycles. The molecule has 21 heavy (non-hydrogen) atoms. The van der Waals surface area contributed by atoms with Gasteiger partial charge in [0.2, 0.25) is 5.43 Å². The molecule has 0 amide bonds. The number of rotatable bonds is 3. The van der Waals surface area contributed by atoms with E-state index in [0.29, 0.717) is 0 Å². The predicted octanol–water partition coefficient (Wildman–Crippen LogP) is 2.13. The third-order valence-electron chi connectivity index (χ3n) is 3.57. The monoisotopic (exact) mass is 295 g/mol. The Bertz CT molecular complexity index is 815. The smallest absolute Gasteiger partial charge is 0.341 e. The predicted molar refractivity (Wildman–Crippen MR) is 70.2 cm³/mol. The van der Waals surface area contributed by atoms with Crippen LogP contribution in [0.1, 0.15) is 22.8 Å². The molecule has 0 aliphatic heterocycles. The maximum Gasteiger partial charge on any atom is 0.341 e. The number of hydrogen-bond acceptors (Lipinski definition) is 3. The summed E-state index contributed by atoms with van der Waals surface area (Å²) in [5, 5.41) is 9.08. The summed E-state index contributed by atoms with van der Waals surface area (Å²) in [6.45, 7) is 0. The lowest BCUT2D eigenvalue weighted by Crippen LogP contribution is -2.19. The average molecular weight is 295 g/mol. The van der Waals surface area contributed by atoms with Crippen LogP contribution >= 0.6 is 0 Å². The number of aromatic carboxylic acids is 1. The molecule has 0 bridgehead atoms. The zero-order chi connectivity index (χ0) is 15.3. The quantitative estimate of drug-likeness (QED) is 0.942. The zero-order valence-electron chi connectivity index (χ0n) is 11.0. The molecule has 1 fully saturated rings. The van der Waals surface area contributed by atoms with Crippen molar-refractivity contribution >= 4 is 16.9 Å². The minimum atomic E-state index is -1.41. The number of halogens is 2. The van der Waals surface area contributed by atoms with Crippen molar-refractivity contribution in [3.8, 4) is 5.75 Å². The Morgan fingerprint density at radius 2 is 2.14 bits per heavy atom. The summed E-state index contributed by atoms with van der Waals surface area (Å²) < 4.78 is 33.4. The summed E-state index contributed by atoms with van der Waals surface area (Å²) in [4.78, 5) is 23.3. The lowest BCUT2D eigenvalue weighted by Gasteiger charge is -2.14. The van der Waals surface area contributed by atoms with Crippen LogP contribution < -0.4 is 10.2 Å². The SMILES string of the molecule is COc1c(F)ccc2c(=O)c(C(=O)O)cn(C3CC3F)c12. The molecule has 7 heteroatoms. The van der Waals surface area contributed by atoms with Crippen molar-refractivity contribution in [2.45, 2.75) is 18.6 Å². The fraction of sp³-hybridized carbons (Fsp3) is 0.286. The number of pyridine rings is 1. The standard InChI is InChI=1S/C14H11F2NO4/c1-21-13-8(15)3-2-6-11(13)17(10-4-9(10)16)5-7(12(6)18)14(19)20/h2-3,5,9-10H,4H2,1H3,(H,19,20). The summed E-state index contributed by atoms with van der Waals surface area (Å²) in [6.07, 6.45) is 0.0981. The van der Waals surface area contributed by atoms with Gasteiger partial charge in [0, 0.05) is 12.6 Å². The highest BCUT2D eigenvalue weighted by Gasteiger charge is 2.40. The second-order valence-corrected chi connectivity index (χ2v) is 4.88. The molecule has 1 saturated carbocycles. The van der Waals surface area contributed by atoms with E-state index in [1.165, 1.54) is 17.7 Å². The number of nitrogens with zero attached hydrogens (tertiary/aromatic N) is 1. The lowest BCUT2D eigenvalue weighted by atomic mass is 10.1. The van der Waals surface area contributed by atoms with Crippen LogP contribution in [0.15, 0.2) is 23.1 Å². The van der Waals surface area contributed by atoms with E-state index in [9.17, 15) is 18.4 Å².